The minimum Gasteiger partial charge on any atom is -0.450 e. The van der Waals surface area contributed by atoms with E-state index >= 15 is 0 Å². The number of ether oxygens (including phenoxy) is 3. The maximum absolute atomic E-state index is 11.3. The van der Waals surface area contributed by atoms with E-state index in [1.54, 1.807) is 0 Å². The van der Waals surface area contributed by atoms with E-state index in [-0.39, 0.29) is 0 Å². The quantitative estimate of drug-likeness (QED) is 0.256. The second-order valence-electron chi connectivity index (χ2n) is 3.42. The fourth-order valence-electron chi connectivity index (χ4n) is 1.06. The number of hydrogen-bond acceptors (Lipinski definition) is 7. The number of carboxylic acid groups (broad SMARTS) is 3. The molecule has 2 atom stereocenters. The van der Waals surface area contributed by atoms with Crippen LogP contribution in [0.1, 0.15) is 6.92 Å². The second-order valence-corrected chi connectivity index (χ2v) is 5.39. The van der Waals surface area contributed by atoms with Crippen LogP contribution in [0.5, 0.6) is 0 Å². The molecule has 116 valence electrons. The lowest BCUT2D eigenvalue weighted by Gasteiger charge is -2.34. The zero-order valence-corrected chi connectivity index (χ0v) is 10.7. The van der Waals surface area contributed by atoms with Gasteiger partial charge in [-0.1, -0.05) is 0 Å². The van der Waals surface area contributed by atoms with Crippen molar-refractivity contribution >= 4 is 26.1 Å². The molecule has 2 unspecified atom stereocenters. The lowest BCUT2D eigenvalue weighted by Crippen LogP contribution is -2.48. The molecule has 0 aliphatic carbocycles. The van der Waals surface area contributed by atoms with Crippen molar-refractivity contribution in [2.75, 3.05) is 6.61 Å². The third-order valence-electron chi connectivity index (χ3n) is 2.07. The average Bonchev–Trinajstić information content (AvgIpc) is 2.20. The highest BCUT2D eigenvalue weighted by Crippen LogP contribution is 2.53. The summed E-state index contributed by atoms with van der Waals surface area (Å²) < 4.78 is 23.3. The Hall–Kier alpha value is -2.04. The first-order chi connectivity index (χ1) is 8.90. The molecule has 0 heterocycles. The van der Waals surface area contributed by atoms with Gasteiger partial charge in [0.15, 0.2) is 6.10 Å². The molecule has 0 fully saturated rings. The monoisotopic (exact) mass is 318 g/mol. The smallest absolute Gasteiger partial charge is 0.450 e. The van der Waals surface area contributed by atoms with Crippen LogP contribution in [0, 0.1) is 0 Å². The molecule has 0 saturated heterocycles. The molecule has 0 aromatic heterocycles. The minimum absolute atomic E-state index is 0.542. The normalized spacial score (nSPS) is 15.6. The van der Waals surface area contributed by atoms with E-state index in [4.69, 9.17) is 25.1 Å². The van der Waals surface area contributed by atoms with Gasteiger partial charge in [-0.15, -0.1) is 0 Å². The highest BCUT2D eigenvalue weighted by Gasteiger charge is 2.56. The molecule has 0 aromatic rings. The van der Waals surface area contributed by atoms with E-state index < -0.39 is 44.1 Å². The standard InChI is InChI=1S/C7H11O12P/c1-7(19-6(12)13,20(14,15)16)3(18-5(10)11)2-17-4(8)9/h3H,2H2,1H3,(H,8,9)(H,10,11)(H,12,13)(H2,14,15,16). The zero-order chi connectivity index (χ0) is 16.1. The Morgan fingerprint density at radius 3 is 1.90 bits per heavy atom. The van der Waals surface area contributed by atoms with Gasteiger partial charge in [-0.05, 0) is 6.92 Å². The Kier molecular flexibility index (Phi) is 5.76. The third-order valence-corrected chi connectivity index (χ3v) is 3.61. The molecule has 0 saturated carbocycles. The maximum atomic E-state index is 11.3. The van der Waals surface area contributed by atoms with Crippen LogP contribution in [0.3, 0.4) is 0 Å². The van der Waals surface area contributed by atoms with E-state index in [2.05, 4.69) is 14.2 Å². The van der Waals surface area contributed by atoms with Crippen molar-refractivity contribution in [2.45, 2.75) is 18.4 Å². The van der Waals surface area contributed by atoms with Crippen LogP contribution in [-0.2, 0) is 18.8 Å². The minimum atomic E-state index is -5.38. The molecule has 0 rings (SSSR count). The molecular formula is C7H11O12P. The summed E-state index contributed by atoms with van der Waals surface area (Å²) in [5, 5.41) is 22.2. The van der Waals surface area contributed by atoms with Crippen LogP contribution in [0.4, 0.5) is 14.4 Å². The molecule has 0 aliphatic heterocycles. The fraction of sp³-hybridized carbons (Fsp3) is 0.571. The Morgan fingerprint density at radius 1 is 1.10 bits per heavy atom. The van der Waals surface area contributed by atoms with Gasteiger partial charge in [0, 0.05) is 0 Å². The second kappa shape index (κ2) is 6.41. The Balaban J connectivity index is 5.49. The fourth-order valence-corrected chi connectivity index (χ4v) is 1.76. The molecular weight excluding hydrogens is 307 g/mol. The highest BCUT2D eigenvalue weighted by molar-refractivity contribution is 7.53. The van der Waals surface area contributed by atoms with Crippen molar-refractivity contribution in [3.05, 3.63) is 0 Å². The predicted octanol–water partition coefficient (Wildman–Crippen LogP) is 0.333. The summed E-state index contributed by atoms with van der Waals surface area (Å²) in [5.41, 5.74) is 0. The predicted molar refractivity (Wildman–Crippen MR) is 56.4 cm³/mol. The van der Waals surface area contributed by atoms with Crippen LogP contribution in [0.2, 0.25) is 0 Å². The summed E-state index contributed by atoms with van der Waals surface area (Å²) in [7, 11) is -5.38. The first kappa shape index (κ1) is 18.0. The van der Waals surface area contributed by atoms with Crippen LogP contribution in [-0.4, -0.2) is 61.6 Å². The van der Waals surface area contributed by atoms with Crippen molar-refractivity contribution in [3.8, 4) is 0 Å². The number of carbonyl (C=O) groups is 3. The van der Waals surface area contributed by atoms with Crippen LogP contribution < -0.4 is 0 Å². The van der Waals surface area contributed by atoms with Crippen molar-refractivity contribution in [3.63, 3.8) is 0 Å². The topological polar surface area (TPSA) is 197 Å². The van der Waals surface area contributed by atoms with E-state index in [9.17, 15) is 18.9 Å². The van der Waals surface area contributed by atoms with Crippen LogP contribution in [0.25, 0.3) is 0 Å². The van der Waals surface area contributed by atoms with Gasteiger partial charge in [-0.3, -0.25) is 4.57 Å². The van der Waals surface area contributed by atoms with E-state index in [1.807, 2.05) is 0 Å². The summed E-state index contributed by atoms with van der Waals surface area (Å²) in [6.07, 6.45) is -8.29. The average molecular weight is 318 g/mol. The molecule has 12 nitrogen and oxygen atoms in total. The first-order valence-corrected chi connectivity index (χ1v) is 6.24. The van der Waals surface area contributed by atoms with Gasteiger partial charge in [-0.25, -0.2) is 14.4 Å². The van der Waals surface area contributed by atoms with Crippen molar-refractivity contribution in [1.82, 2.24) is 0 Å². The van der Waals surface area contributed by atoms with E-state index in [1.165, 1.54) is 0 Å². The molecule has 5 N–H and O–H groups in total. The summed E-state index contributed by atoms with van der Waals surface area (Å²) in [5.74, 6) is 0. The maximum Gasteiger partial charge on any atom is 0.507 e. The summed E-state index contributed by atoms with van der Waals surface area (Å²) in [6.45, 7) is -0.642. The van der Waals surface area contributed by atoms with Gasteiger partial charge in [-0.2, -0.15) is 0 Å². The Labute approximate surface area is 110 Å². The van der Waals surface area contributed by atoms with Gasteiger partial charge in [0.05, 0.1) is 0 Å². The Morgan fingerprint density at radius 2 is 1.60 bits per heavy atom. The van der Waals surface area contributed by atoms with E-state index in [0.29, 0.717) is 6.92 Å². The Bertz CT molecular complexity index is 439. The molecule has 0 radical (unpaired) electrons. The third kappa shape index (κ3) is 4.91. The van der Waals surface area contributed by atoms with Gasteiger partial charge in [0.2, 0.25) is 0 Å². The van der Waals surface area contributed by atoms with Crippen molar-refractivity contribution in [2.24, 2.45) is 0 Å². The van der Waals surface area contributed by atoms with Gasteiger partial charge in [0.1, 0.15) is 6.61 Å². The molecule has 0 aromatic carbocycles. The van der Waals surface area contributed by atoms with Gasteiger partial charge >= 0.3 is 26.1 Å². The van der Waals surface area contributed by atoms with Crippen molar-refractivity contribution < 1.29 is 58.3 Å². The zero-order valence-electron chi connectivity index (χ0n) is 9.83. The summed E-state index contributed by atoms with van der Waals surface area (Å²) >= 11 is 0. The lowest BCUT2D eigenvalue weighted by molar-refractivity contribution is -0.0865. The van der Waals surface area contributed by atoms with Gasteiger partial charge < -0.3 is 39.3 Å². The molecule has 0 spiro atoms. The van der Waals surface area contributed by atoms with Gasteiger partial charge in [0.25, 0.3) is 5.34 Å². The molecule has 0 aliphatic rings. The van der Waals surface area contributed by atoms with E-state index in [0.717, 1.165) is 0 Å². The summed E-state index contributed by atoms with van der Waals surface area (Å²) in [4.78, 5) is 49.3. The molecule has 13 heteroatoms. The first-order valence-electron chi connectivity index (χ1n) is 4.63. The van der Waals surface area contributed by atoms with Crippen molar-refractivity contribution in [1.29, 1.82) is 0 Å². The number of hydrogen-bond donors (Lipinski definition) is 5. The largest absolute Gasteiger partial charge is 0.507 e. The SMILES string of the molecule is CC(OC(=O)O)(C(COC(=O)O)OC(=O)O)P(=O)(O)O. The number of rotatable bonds is 6. The van der Waals surface area contributed by atoms with Crippen LogP contribution >= 0.6 is 7.60 Å². The molecule has 20 heavy (non-hydrogen) atoms. The summed E-state index contributed by atoms with van der Waals surface area (Å²) in [6, 6.07) is 0. The molecule has 0 amide bonds. The molecule has 0 bridgehead atoms. The highest BCUT2D eigenvalue weighted by atomic mass is 31.2. The van der Waals surface area contributed by atoms with Crippen LogP contribution in [0.15, 0.2) is 0 Å². The lowest BCUT2D eigenvalue weighted by atomic mass is 10.2.